The lowest BCUT2D eigenvalue weighted by Gasteiger charge is -2.19. The molecule has 1 saturated heterocycles. The Morgan fingerprint density at radius 3 is 2.42 bits per heavy atom. The molecular formula is C20H19NO5. The normalized spacial score (nSPS) is 16.5. The van der Waals surface area contributed by atoms with Gasteiger partial charge < -0.3 is 14.4 Å². The molecule has 0 aliphatic carbocycles. The third kappa shape index (κ3) is 3.59. The number of methoxy groups -OCH3 is 1. The number of hydrogen-bond acceptors (Lipinski definition) is 5. The fourth-order valence-corrected chi connectivity index (χ4v) is 2.91. The summed E-state index contributed by atoms with van der Waals surface area (Å²) in [5.74, 6) is -0.302. The number of carbonyl (C=O) groups excluding carboxylic acids is 3. The van der Waals surface area contributed by atoms with Gasteiger partial charge in [-0.2, -0.15) is 0 Å². The van der Waals surface area contributed by atoms with Gasteiger partial charge in [-0.1, -0.05) is 12.1 Å². The maximum Gasteiger partial charge on any atom is 0.316 e. The molecule has 0 aromatic heterocycles. The molecule has 6 nitrogen and oxygen atoms in total. The second-order valence-corrected chi connectivity index (χ2v) is 6.08. The minimum Gasteiger partial charge on any atom is -0.495 e. The van der Waals surface area contributed by atoms with E-state index in [0.29, 0.717) is 22.7 Å². The van der Waals surface area contributed by atoms with Crippen LogP contribution in [-0.4, -0.2) is 31.3 Å². The van der Waals surface area contributed by atoms with E-state index in [0.717, 1.165) is 0 Å². The summed E-state index contributed by atoms with van der Waals surface area (Å²) in [6.45, 7) is 1.71. The zero-order chi connectivity index (χ0) is 18.7. The van der Waals surface area contributed by atoms with E-state index in [1.165, 1.54) is 14.0 Å². The number of Topliss-reactive ketones (excluding diaryl/α,β-unsaturated/α-hetero) is 1. The van der Waals surface area contributed by atoms with E-state index in [1.54, 1.807) is 41.3 Å². The number of benzene rings is 2. The lowest BCUT2D eigenvalue weighted by Crippen LogP contribution is -2.27. The van der Waals surface area contributed by atoms with Crippen molar-refractivity contribution >= 4 is 23.3 Å². The van der Waals surface area contributed by atoms with Gasteiger partial charge in [0.2, 0.25) is 5.91 Å². The van der Waals surface area contributed by atoms with Crippen molar-refractivity contribution in [3.8, 4) is 11.5 Å². The standard InChI is InChI=1S/C20H19NO5/c1-13(22)14-7-9-16(10-8-14)26-20(24)15-11-19(23)21(12-15)17-5-3-4-6-18(17)25-2/h3-10,15H,11-12H2,1-2H3/t15-/m0/s1. The summed E-state index contributed by atoms with van der Waals surface area (Å²) < 4.78 is 10.7. The summed E-state index contributed by atoms with van der Waals surface area (Å²) in [5.41, 5.74) is 1.18. The zero-order valence-corrected chi connectivity index (χ0v) is 14.6. The average molecular weight is 353 g/mol. The van der Waals surface area contributed by atoms with Crippen LogP contribution in [-0.2, 0) is 9.59 Å². The first-order chi connectivity index (χ1) is 12.5. The molecule has 0 unspecified atom stereocenters. The van der Waals surface area contributed by atoms with Gasteiger partial charge in [0.15, 0.2) is 5.78 Å². The Morgan fingerprint density at radius 1 is 1.08 bits per heavy atom. The number of ketones is 1. The Kier molecular flexibility index (Phi) is 5.02. The van der Waals surface area contributed by atoms with Gasteiger partial charge in [0, 0.05) is 18.5 Å². The summed E-state index contributed by atoms with van der Waals surface area (Å²) in [7, 11) is 1.54. The molecule has 1 aliphatic rings. The predicted molar refractivity (Wildman–Crippen MR) is 95.5 cm³/mol. The molecule has 3 rings (SSSR count). The third-order valence-electron chi connectivity index (χ3n) is 4.31. The average Bonchev–Trinajstić information content (AvgIpc) is 3.04. The molecule has 0 saturated carbocycles. The monoisotopic (exact) mass is 353 g/mol. The van der Waals surface area contributed by atoms with Crippen molar-refractivity contribution in [3.63, 3.8) is 0 Å². The molecular weight excluding hydrogens is 334 g/mol. The van der Waals surface area contributed by atoms with Crippen LogP contribution in [0.15, 0.2) is 48.5 Å². The van der Waals surface area contributed by atoms with E-state index >= 15 is 0 Å². The summed E-state index contributed by atoms with van der Waals surface area (Å²) in [5, 5.41) is 0. The third-order valence-corrected chi connectivity index (χ3v) is 4.31. The smallest absolute Gasteiger partial charge is 0.316 e. The van der Waals surface area contributed by atoms with E-state index in [4.69, 9.17) is 9.47 Å². The van der Waals surface area contributed by atoms with Crippen molar-refractivity contribution in [2.24, 2.45) is 5.92 Å². The number of hydrogen-bond donors (Lipinski definition) is 0. The molecule has 6 heteroatoms. The maximum atomic E-state index is 12.4. The van der Waals surface area contributed by atoms with E-state index < -0.39 is 11.9 Å². The maximum absolute atomic E-state index is 12.4. The summed E-state index contributed by atoms with van der Waals surface area (Å²) in [6, 6.07) is 13.5. The molecule has 1 fully saturated rings. The Hall–Kier alpha value is -3.15. The highest BCUT2D eigenvalue weighted by atomic mass is 16.5. The van der Waals surface area contributed by atoms with Crippen molar-refractivity contribution < 1.29 is 23.9 Å². The van der Waals surface area contributed by atoms with E-state index in [9.17, 15) is 14.4 Å². The van der Waals surface area contributed by atoms with Crippen molar-refractivity contribution in [3.05, 3.63) is 54.1 Å². The fourth-order valence-electron chi connectivity index (χ4n) is 2.91. The Labute approximate surface area is 151 Å². The van der Waals surface area contributed by atoms with Crippen LogP contribution < -0.4 is 14.4 Å². The van der Waals surface area contributed by atoms with Crippen LogP contribution in [0.3, 0.4) is 0 Å². The molecule has 134 valence electrons. The number of carbonyl (C=O) groups is 3. The second kappa shape index (κ2) is 7.39. The van der Waals surface area contributed by atoms with E-state index in [-0.39, 0.29) is 24.7 Å². The Bertz CT molecular complexity index is 844. The number of esters is 1. The van der Waals surface area contributed by atoms with Gasteiger partial charge >= 0.3 is 5.97 Å². The number of nitrogens with zero attached hydrogens (tertiary/aromatic N) is 1. The number of para-hydroxylation sites is 2. The molecule has 1 amide bonds. The number of anilines is 1. The second-order valence-electron chi connectivity index (χ2n) is 6.08. The number of rotatable bonds is 5. The van der Waals surface area contributed by atoms with Gasteiger partial charge in [-0.3, -0.25) is 14.4 Å². The first-order valence-corrected chi connectivity index (χ1v) is 8.25. The highest BCUT2D eigenvalue weighted by Gasteiger charge is 2.37. The van der Waals surface area contributed by atoms with Crippen LogP contribution in [0.25, 0.3) is 0 Å². The Morgan fingerprint density at radius 2 is 1.77 bits per heavy atom. The van der Waals surface area contributed by atoms with Crippen LogP contribution in [0.5, 0.6) is 11.5 Å². The van der Waals surface area contributed by atoms with Crippen LogP contribution in [0.4, 0.5) is 5.69 Å². The van der Waals surface area contributed by atoms with Gasteiger partial charge in [0.25, 0.3) is 0 Å². The molecule has 1 atom stereocenters. The van der Waals surface area contributed by atoms with Crippen molar-refractivity contribution in [1.82, 2.24) is 0 Å². The minimum absolute atomic E-state index is 0.0586. The molecule has 1 heterocycles. The SMILES string of the molecule is COc1ccccc1N1C[C@@H](C(=O)Oc2ccc(C(C)=O)cc2)CC1=O. The summed E-state index contributed by atoms with van der Waals surface area (Å²) in [4.78, 5) is 37.6. The predicted octanol–water partition coefficient (Wildman–Crippen LogP) is 2.86. The van der Waals surface area contributed by atoms with Crippen LogP contribution >= 0.6 is 0 Å². The van der Waals surface area contributed by atoms with Crippen LogP contribution in [0.2, 0.25) is 0 Å². The van der Waals surface area contributed by atoms with Crippen molar-refractivity contribution in [2.75, 3.05) is 18.6 Å². The van der Waals surface area contributed by atoms with Gasteiger partial charge in [0.1, 0.15) is 11.5 Å². The number of amides is 1. The topological polar surface area (TPSA) is 72.9 Å². The van der Waals surface area contributed by atoms with Crippen LogP contribution in [0, 0.1) is 5.92 Å². The first kappa shape index (κ1) is 17.7. The molecule has 2 aromatic rings. The highest BCUT2D eigenvalue weighted by Crippen LogP contribution is 2.33. The lowest BCUT2D eigenvalue weighted by atomic mass is 10.1. The van der Waals surface area contributed by atoms with Crippen molar-refractivity contribution in [2.45, 2.75) is 13.3 Å². The molecule has 2 aromatic carbocycles. The highest BCUT2D eigenvalue weighted by molar-refractivity contribution is 6.00. The largest absolute Gasteiger partial charge is 0.495 e. The molecule has 0 N–H and O–H groups in total. The minimum atomic E-state index is -0.556. The van der Waals surface area contributed by atoms with Crippen molar-refractivity contribution in [1.29, 1.82) is 0 Å². The van der Waals surface area contributed by atoms with Gasteiger partial charge in [-0.05, 0) is 43.3 Å². The number of ether oxygens (including phenoxy) is 2. The zero-order valence-electron chi connectivity index (χ0n) is 14.6. The lowest BCUT2D eigenvalue weighted by molar-refractivity contribution is -0.139. The fraction of sp³-hybridized carbons (Fsp3) is 0.250. The molecule has 1 aliphatic heterocycles. The Balaban J connectivity index is 1.70. The van der Waals surface area contributed by atoms with Crippen LogP contribution in [0.1, 0.15) is 23.7 Å². The molecule has 26 heavy (non-hydrogen) atoms. The molecule has 0 bridgehead atoms. The van der Waals surface area contributed by atoms with E-state index in [1.807, 2.05) is 12.1 Å². The van der Waals surface area contributed by atoms with Gasteiger partial charge in [-0.25, -0.2) is 0 Å². The summed E-state index contributed by atoms with van der Waals surface area (Å²) in [6.07, 6.45) is 0.0857. The van der Waals surface area contributed by atoms with E-state index in [2.05, 4.69) is 0 Å². The van der Waals surface area contributed by atoms with Gasteiger partial charge in [0.05, 0.1) is 18.7 Å². The quantitative estimate of drug-likeness (QED) is 0.469. The molecule has 0 spiro atoms. The van der Waals surface area contributed by atoms with Gasteiger partial charge in [-0.15, -0.1) is 0 Å². The summed E-state index contributed by atoms with van der Waals surface area (Å²) >= 11 is 0. The first-order valence-electron chi connectivity index (χ1n) is 8.25. The molecule has 0 radical (unpaired) electrons.